The molecule has 90 valence electrons. The number of aromatic nitrogens is 2. The Hall–Kier alpha value is -0.830. The third-order valence-corrected chi connectivity index (χ3v) is 4.09. The van der Waals surface area contributed by atoms with Gasteiger partial charge in [-0.3, -0.25) is 4.68 Å². The fourth-order valence-electron chi connectivity index (χ4n) is 2.55. The molecule has 0 spiro atoms. The zero-order chi connectivity index (χ0) is 11.7. The molecule has 16 heavy (non-hydrogen) atoms. The Morgan fingerprint density at radius 1 is 1.38 bits per heavy atom. The summed E-state index contributed by atoms with van der Waals surface area (Å²) in [5.74, 6) is 1.67. The Morgan fingerprint density at radius 3 is 2.69 bits per heavy atom. The smallest absolute Gasteiger partial charge is 0.0537 e. The van der Waals surface area contributed by atoms with Gasteiger partial charge in [0.15, 0.2) is 0 Å². The molecule has 0 radical (unpaired) electrons. The first-order chi connectivity index (χ1) is 7.58. The van der Waals surface area contributed by atoms with E-state index in [4.69, 9.17) is 5.73 Å². The quantitative estimate of drug-likeness (QED) is 0.834. The van der Waals surface area contributed by atoms with Gasteiger partial charge < -0.3 is 5.73 Å². The fraction of sp³-hybridized carbons (Fsp3) is 0.769. The van der Waals surface area contributed by atoms with Crippen molar-refractivity contribution in [2.45, 2.75) is 52.1 Å². The first-order valence-electron chi connectivity index (χ1n) is 6.37. The topological polar surface area (TPSA) is 43.8 Å². The molecule has 4 atom stereocenters. The van der Waals surface area contributed by atoms with Crippen LogP contribution in [0.1, 0.15) is 57.7 Å². The van der Waals surface area contributed by atoms with E-state index in [1.807, 2.05) is 13.1 Å². The highest BCUT2D eigenvalue weighted by Gasteiger charge is 2.26. The lowest BCUT2D eigenvalue weighted by molar-refractivity contribution is 0.201. The normalized spacial score (nSPS) is 32.6. The van der Waals surface area contributed by atoms with Crippen LogP contribution in [0, 0.1) is 11.8 Å². The molecule has 1 fully saturated rings. The van der Waals surface area contributed by atoms with E-state index in [-0.39, 0.29) is 6.04 Å². The summed E-state index contributed by atoms with van der Waals surface area (Å²) in [6.45, 7) is 6.72. The second-order valence-corrected chi connectivity index (χ2v) is 5.46. The van der Waals surface area contributed by atoms with Crippen molar-refractivity contribution < 1.29 is 0 Å². The molecule has 0 saturated heterocycles. The monoisotopic (exact) mass is 221 g/mol. The second-order valence-electron chi connectivity index (χ2n) is 5.46. The van der Waals surface area contributed by atoms with E-state index in [0.717, 1.165) is 17.4 Å². The van der Waals surface area contributed by atoms with Crippen molar-refractivity contribution in [2.24, 2.45) is 17.6 Å². The van der Waals surface area contributed by atoms with Crippen LogP contribution < -0.4 is 5.73 Å². The van der Waals surface area contributed by atoms with Gasteiger partial charge in [0.05, 0.1) is 12.2 Å². The zero-order valence-electron chi connectivity index (χ0n) is 10.6. The first-order valence-corrected chi connectivity index (χ1v) is 6.37. The summed E-state index contributed by atoms with van der Waals surface area (Å²) in [6.07, 6.45) is 7.86. The SMILES string of the molecule is CC(N)c1cnn(C2CCC(C)C(C)C2)c1. The van der Waals surface area contributed by atoms with Gasteiger partial charge in [-0.15, -0.1) is 0 Å². The molecule has 3 nitrogen and oxygen atoms in total. The Morgan fingerprint density at radius 2 is 2.12 bits per heavy atom. The number of rotatable bonds is 2. The second kappa shape index (κ2) is 4.58. The van der Waals surface area contributed by atoms with Gasteiger partial charge in [-0.2, -0.15) is 5.10 Å². The number of nitrogens with zero attached hydrogens (tertiary/aromatic N) is 2. The Balaban J connectivity index is 2.07. The van der Waals surface area contributed by atoms with Crippen molar-refractivity contribution in [3.63, 3.8) is 0 Å². The zero-order valence-corrected chi connectivity index (χ0v) is 10.6. The summed E-state index contributed by atoms with van der Waals surface area (Å²) in [7, 11) is 0. The highest BCUT2D eigenvalue weighted by molar-refractivity contribution is 5.09. The summed E-state index contributed by atoms with van der Waals surface area (Å²) in [4.78, 5) is 0. The van der Waals surface area contributed by atoms with Gasteiger partial charge in [-0.05, 0) is 38.0 Å². The lowest BCUT2D eigenvalue weighted by Crippen LogP contribution is -2.23. The molecule has 0 amide bonds. The molecule has 1 saturated carbocycles. The minimum atomic E-state index is 0.0914. The molecule has 0 aromatic carbocycles. The van der Waals surface area contributed by atoms with Crippen molar-refractivity contribution >= 4 is 0 Å². The van der Waals surface area contributed by atoms with E-state index < -0.39 is 0 Å². The lowest BCUT2D eigenvalue weighted by atomic mass is 9.79. The summed E-state index contributed by atoms with van der Waals surface area (Å²) >= 11 is 0. The van der Waals surface area contributed by atoms with Crippen LogP contribution in [0.3, 0.4) is 0 Å². The van der Waals surface area contributed by atoms with Gasteiger partial charge in [0.2, 0.25) is 0 Å². The predicted molar refractivity (Wildman–Crippen MR) is 66.0 cm³/mol. The van der Waals surface area contributed by atoms with E-state index >= 15 is 0 Å². The van der Waals surface area contributed by atoms with E-state index in [1.165, 1.54) is 19.3 Å². The molecule has 1 heterocycles. The van der Waals surface area contributed by atoms with Gasteiger partial charge in [0.25, 0.3) is 0 Å². The summed E-state index contributed by atoms with van der Waals surface area (Å²) in [6, 6.07) is 0.674. The largest absolute Gasteiger partial charge is 0.324 e. The molecule has 1 aliphatic carbocycles. The van der Waals surface area contributed by atoms with Crippen molar-refractivity contribution in [1.82, 2.24) is 9.78 Å². The van der Waals surface area contributed by atoms with Gasteiger partial charge in [-0.1, -0.05) is 13.8 Å². The van der Waals surface area contributed by atoms with Crippen LogP contribution >= 0.6 is 0 Å². The third-order valence-electron chi connectivity index (χ3n) is 4.09. The van der Waals surface area contributed by atoms with Gasteiger partial charge in [0, 0.05) is 17.8 Å². The van der Waals surface area contributed by atoms with Gasteiger partial charge in [0.1, 0.15) is 0 Å². The van der Waals surface area contributed by atoms with Crippen LogP contribution in [0.15, 0.2) is 12.4 Å². The van der Waals surface area contributed by atoms with Gasteiger partial charge in [-0.25, -0.2) is 0 Å². The minimum absolute atomic E-state index is 0.0914. The first kappa shape index (κ1) is 11.6. The summed E-state index contributed by atoms with van der Waals surface area (Å²) < 4.78 is 2.13. The average Bonchev–Trinajstić information content (AvgIpc) is 2.71. The summed E-state index contributed by atoms with van der Waals surface area (Å²) in [5.41, 5.74) is 7.00. The Labute approximate surface area is 98.0 Å². The molecule has 2 N–H and O–H groups in total. The maximum absolute atomic E-state index is 5.85. The Kier molecular flexibility index (Phi) is 3.33. The van der Waals surface area contributed by atoms with E-state index in [2.05, 4.69) is 29.8 Å². The van der Waals surface area contributed by atoms with E-state index in [9.17, 15) is 0 Å². The molecule has 2 rings (SSSR count). The van der Waals surface area contributed by atoms with Crippen LogP contribution in [0.25, 0.3) is 0 Å². The van der Waals surface area contributed by atoms with Crippen molar-refractivity contribution in [3.8, 4) is 0 Å². The molecule has 1 aromatic rings. The number of nitrogens with two attached hydrogens (primary N) is 1. The summed E-state index contributed by atoms with van der Waals surface area (Å²) in [5, 5.41) is 4.46. The standard InChI is InChI=1S/C13H23N3/c1-9-4-5-13(6-10(9)2)16-8-12(7-15-16)11(3)14/h7-11,13H,4-6,14H2,1-3H3. The minimum Gasteiger partial charge on any atom is -0.324 e. The Bertz CT molecular complexity index is 343. The maximum atomic E-state index is 5.85. The molecular weight excluding hydrogens is 198 g/mol. The van der Waals surface area contributed by atoms with Crippen molar-refractivity contribution in [2.75, 3.05) is 0 Å². The molecule has 3 heteroatoms. The third kappa shape index (κ3) is 2.29. The maximum Gasteiger partial charge on any atom is 0.0537 e. The molecule has 4 unspecified atom stereocenters. The van der Waals surface area contributed by atoms with Crippen LogP contribution in [-0.2, 0) is 0 Å². The van der Waals surface area contributed by atoms with Gasteiger partial charge >= 0.3 is 0 Å². The van der Waals surface area contributed by atoms with Crippen LogP contribution in [0.4, 0.5) is 0 Å². The highest BCUT2D eigenvalue weighted by atomic mass is 15.3. The van der Waals surface area contributed by atoms with Crippen molar-refractivity contribution in [1.29, 1.82) is 0 Å². The molecule has 1 aliphatic rings. The van der Waals surface area contributed by atoms with E-state index in [1.54, 1.807) is 0 Å². The fourth-order valence-corrected chi connectivity index (χ4v) is 2.55. The number of hydrogen-bond acceptors (Lipinski definition) is 2. The molecule has 0 bridgehead atoms. The molecular formula is C13H23N3. The average molecular weight is 221 g/mol. The molecule has 0 aliphatic heterocycles. The van der Waals surface area contributed by atoms with Crippen LogP contribution in [0.2, 0.25) is 0 Å². The van der Waals surface area contributed by atoms with Crippen LogP contribution in [-0.4, -0.2) is 9.78 Å². The number of hydrogen-bond donors (Lipinski definition) is 1. The lowest BCUT2D eigenvalue weighted by Gasteiger charge is -2.32. The van der Waals surface area contributed by atoms with Crippen molar-refractivity contribution in [3.05, 3.63) is 18.0 Å². The van der Waals surface area contributed by atoms with E-state index in [0.29, 0.717) is 6.04 Å². The molecule has 1 aromatic heterocycles. The van der Waals surface area contributed by atoms with Crippen LogP contribution in [0.5, 0.6) is 0 Å². The highest BCUT2D eigenvalue weighted by Crippen LogP contribution is 2.35. The predicted octanol–water partition coefficient (Wildman–Crippen LogP) is 2.90.